The lowest BCUT2D eigenvalue weighted by atomic mass is 10.1. The third-order valence-corrected chi connectivity index (χ3v) is 7.27. The number of hydrogen-bond acceptors (Lipinski definition) is 5. The van der Waals surface area contributed by atoms with Gasteiger partial charge in [-0.05, 0) is 44.0 Å². The summed E-state index contributed by atoms with van der Waals surface area (Å²) >= 11 is 0. The molecule has 0 unspecified atom stereocenters. The Bertz CT molecular complexity index is 922. The minimum absolute atomic E-state index is 0.0669. The van der Waals surface area contributed by atoms with Crippen LogP contribution < -0.4 is 4.90 Å². The van der Waals surface area contributed by atoms with Gasteiger partial charge in [0, 0.05) is 6.54 Å². The smallest absolute Gasteiger partial charge is 0.315 e. The normalized spacial score (nSPS) is 19.8. The van der Waals surface area contributed by atoms with Crippen LogP contribution in [0.3, 0.4) is 0 Å². The predicted molar refractivity (Wildman–Crippen MR) is 99.9 cm³/mol. The molecule has 0 aromatic heterocycles. The molecule has 28 heavy (non-hydrogen) atoms. The van der Waals surface area contributed by atoms with Crippen molar-refractivity contribution < 1.29 is 27.7 Å². The lowest BCUT2D eigenvalue weighted by Gasteiger charge is -2.32. The third kappa shape index (κ3) is 3.54. The number of aryl methyl sites for hydroxylation is 2. The van der Waals surface area contributed by atoms with E-state index < -0.39 is 27.9 Å². The molecule has 10 heteroatoms. The van der Waals surface area contributed by atoms with Crippen molar-refractivity contribution in [2.75, 3.05) is 39.4 Å². The van der Waals surface area contributed by atoms with Gasteiger partial charge in [-0.1, -0.05) is 6.07 Å². The molecule has 0 spiro atoms. The first-order chi connectivity index (χ1) is 13.2. The van der Waals surface area contributed by atoms with Gasteiger partial charge in [-0.15, -0.1) is 0 Å². The fraction of sp³-hybridized carbons (Fsp3) is 0.500. The Morgan fingerprint density at radius 2 is 1.57 bits per heavy atom. The molecule has 152 valence electrons. The minimum Gasteiger partial charge on any atom is -0.315 e. The van der Waals surface area contributed by atoms with E-state index in [0.717, 1.165) is 25.8 Å². The third-order valence-electron chi connectivity index (χ3n) is 5.38. The topological polar surface area (TPSA) is 99.5 Å². The van der Waals surface area contributed by atoms with E-state index in [2.05, 4.69) is 0 Å². The standard InChI is InChI=1S/C18H24N4O5S/c1-4-21-16(23)17(24)22(18(21)25)12-19-7-9-20(10-8-19)28(26,27)15-6-5-13(2)14(3)11-15/h5-6,11H,4,7-10,12H2,1-3H3/p+1. The number of carbonyl (C=O) groups is 3. The lowest BCUT2D eigenvalue weighted by Crippen LogP contribution is -3.16. The van der Waals surface area contributed by atoms with Gasteiger partial charge in [-0.2, -0.15) is 4.31 Å². The van der Waals surface area contributed by atoms with E-state index >= 15 is 0 Å². The number of rotatable bonds is 5. The van der Waals surface area contributed by atoms with Crippen molar-refractivity contribution in [2.24, 2.45) is 0 Å². The van der Waals surface area contributed by atoms with Crippen LogP contribution in [0, 0.1) is 13.8 Å². The Labute approximate surface area is 164 Å². The quantitative estimate of drug-likeness (QED) is 0.495. The van der Waals surface area contributed by atoms with Crippen molar-refractivity contribution in [1.29, 1.82) is 0 Å². The maximum Gasteiger partial charge on any atom is 0.338 e. The maximum absolute atomic E-state index is 12.9. The Balaban J connectivity index is 1.64. The molecule has 0 bridgehead atoms. The lowest BCUT2D eigenvalue weighted by molar-refractivity contribution is -0.910. The fourth-order valence-corrected chi connectivity index (χ4v) is 4.94. The molecule has 2 aliphatic rings. The molecule has 2 heterocycles. The summed E-state index contributed by atoms with van der Waals surface area (Å²) in [7, 11) is -3.58. The highest BCUT2D eigenvalue weighted by molar-refractivity contribution is 7.89. The van der Waals surface area contributed by atoms with Gasteiger partial charge in [0.2, 0.25) is 10.0 Å². The molecule has 3 rings (SSSR count). The molecule has 2 saturated heterocycles. The number of imide groups is 2. The molecule has 1 aromatic carbocycles. The second kappa shape index (κ2) is 7.61. The van der Waals surface area contributed by atoms with E-state index in [1.165, 1.54) is 4.31 Å². The zero-order valence-electron chi connectivity index (χ0n) is 16.3. The van der Waals surface area contributed by atoms with Gasteiger partial charge in [-0.3, -0.25) is 14.5 Å². The highest BCUT2D eigenvalue weighted by atomic mass is 32.2. The Morgan fingerprint density at radius 1 is 0.964 bits per heavy atom. The fourth-order valence-electron chi connectivity index (χ4n) is 3.42. The molecule has 4 amide bonds. The zero-order valence-corrected chi connectivity index (χ0v) is 17.1. The SMILES string of the molecule is CCN1C(=O)C(=O)N(C[NH+]2CCN(S(=O)(=O)c3ccc(C)c(C)c3)CC2)C1=O. The Hall–Kier alpha value is -2.30. The number of piperazine rings is 1. The van der Waals surface area contributed by atoms with E-state index in [0.29, 0.717) is 13.1 Å². The summed E-state index contributed by atoms with van der Waals surface area (Å²) in [6, 6.07) is 4.49. The second-order valence-electron chi connectivity index (χ2n) is 7.12. The average Bonchev–Trinajstić information content (AvgIpc) is 2.87. The van der Waals surface area contributed by atoms with E-state index in [4.69, 9.17) is 0 Å². The first-order valence-corrected chi connectivity index (χ1v) is 10.7. The summed E-state index contributed by atoms with van der Waals surface area (Å²) in [5.74, 6) is -1.62. The van der Waals surface area contributed by atoms with Crippen LogP contribution in [0.5, 0.6) is 0 Å². The molecule has 1 N–H and O–H groups in total. The van der Waals surface area contributed by atoms with Crippen LogP contribution in [0.1, 0.15) is 18.1 Å². The second-order valence-corrected chi connectivity index (χ2v) is 9.06. The summed E-state index contributed by atoms with van der Waals surface area (Å²) < 4.78 is 27.2. The van der Waals surface area contributed by atoms with Crippen molar-refractivity contribution in [2.45, 2.75) is 25.7 Å². The number of likely N-dealkylation sites (N-methyl/N-ethyl adjacent to an activating group) is 1. The summed E-state index contributed by atoms with van der Waals surface area (Å²) in [5.41, 5.74) is 1.95. The Morgan fingerprint density at radius 3 is 2.11 bits per heavy atom. The van der Waals surface area contributed by atoms with Crippen molar-refractivity contribution in [3.63, 3.8) is 0 Å². The van der Waals surface area contributed by atoms with Crippen molar-refractivity contribution >= 4 is 27.9 Å². The molecule has 2 fully saturated rings. The van der Waals surface area contributed by atoms with Crippen molar-refractivity contribution in [3.05, 3.63) is 29.3 Å². The monoisotopic (exact) mass is 409 g/mol. The van der Waals surface area contributed by atoms with Crippen LogP contribution >= 0.6 is 0 Å². The van der Waals surface area contributed by atoms with Gasteiger partial charge in [0.25, 0.3) is 0 Å². The van der Waals surface area contributed by atoms with Gasteiger partial charge in [-0.25, -0.2) is 18.1 Å². The largest absolute Gasteiger partial charge is 0.338 e. The van der Waals surface area contributed by atoms with Crippen LogP contribution in [0.25, 0.3) is 0 Å². The molecule has 0 saturated carbocycles. The number of amides is 4. The number of carbonyl (C=O) groups excluding carboxylic acids is 3. The zero-order chi connectivity index (χ0) is 20.6. The molecule has 2 aliphatic heterocycles. The minimum atomic E-state index is -3.58. The van der Waals surface area contributed by atoms with Crippen molar-refractivity contribution in [1.82, 2.24) is 14.1 Å². The highest BCUT2D eigenvalue weighted by Crippen LogP contribution is 2.19. The Kier molecular flexibility index (Phi) is 5.55. The predicted octanol–water partition coefficient (Wildman–Crippen LogP) is -1.04. The number of hydrogen-bond donors (Lipinski definition) is 1. The molecular formula is C18H25N4O5S+. The summed E-state index contributed by atoms with van der Waals surface area (Å²) in [6.07, 6.45) is 0. The molecule has 0 radical (unpaired) electrons. The average molecular weight is 409 g/mol. The van der Waals surface area contributed by atoms with Crippen LogP contribution in [-0.2, 0) is 19.6 Å². The van der Waals surface area contributed by atoms with E-state index in [9.17, 15) is 22.8 Å². The van der Waals surface area contributed by atoms with E-state index in [1.54, 1.807) is 25.1 Å². The number of urea groups is 1. The maximum atomic E-state index is 12.9. The molecular weight excluding hydrogens is 384 g/mol. The van der Waals surface area contributed by atoms with E-state index in [-0.39, 0.29) is 31.2 Å². The van der Waals surface area contributed by atoms with Gasteiger partial charge in [0.1, 0.15) is 0 Å². The van der Waals surface area contributed by atoms with Crippen LogP contribution in [-0.4, -0.2) is 79.8 Å². The first-order valence-electron chi connectivity index (χ1n) is 9.25. The van der Waals surface area contributed by atoms with Gasteiger partial charge in [0.15, 0.2) is 6.67 Å². The molecule has 1 aromatic rings. The first kappa shape index (κ1) is 20.4. The molecule has 9 nitrogen and oxygen atoms in total. The van der Waals surface area contributed by atoms with Gasteiger partial charge in [0.05, 0.1) is 31.1 Å². The van der Waals surface area contributed by atoms with Crippen LogP contribution in [0.2, 0.25) is 0 Å². The number of sulfonamides is 1. The highest BCUT2D eigenvalue weighted by Gasteiger charge is 2.45. The van der Waals surface area contributed by atoms with Crippen LogP contribution in [0.15, 0.2) is 23.1 Å². The molecule has 0 aliphatic carbocycles. The number of quaternary nitrogens is 1. The number of nitrogens with zero attached hydrogens (tertiary/aromatic N) is 3. The summed E-state index contributed by atoms with van der Waals surface area (Å²) in [5, 5.41) is 0. The summed E-state index contributed by atoms with van der Waals surface area (Å²) in [6.45, 7) is 7.12. The number of benzene rings is 1. The van der Waals surface area contributed by atoms with Crippen molar-refractivity contribution in [3.8, 4) is 0 Å². The van der Waals surface area contributed by atoms with Crippen LogP contribution in [0.4, 0.5) is 4.79 Å². The van der Waals surface area contributed by atoms with E-state index in [1.807, 2.05) is 13.8 Å². The summed E-state index contributed by atoms with van der Waals surface area (Å²) in [4.78, 5) is 39.0. The van der Waals surface area contributed by atoms with Gasteiger partial charge >= 0.3 is 17.8 Å². The van der Waals surface area contributed by atoms with Gasteiger partial charge < -0.3 is 4.90 Å². The number of nitrogens with one attached hydrogen (secondary N) is 1. The molecule has 0 atom stereocenters.